The Morgan fingerprint density at radius 3 is 2.57 bits per heavy atom. The second-order valence-corrected chi connectivity index (χ2v) is 3.73. The predicted molar refractivity (Wildman–Crippen MR) is 56.2 cm³/mol. The number of phenols is 1. The van der Waals surface area contributed by atoms with Crippen LogP contribution in [0.4, 0.5) is 4.39 Å². The van der Waals surface area contributed by atoms with E-state index >= 15 is 0 Å². The topological polar surface area (TPSA) is 20.2 Å². The van der Waals surface area contributed by atoms with Crippen LogP contribution in [0.1, 0.15) is 36.5 Å². The average molecular weight is 196 g/mol. The molecule has 78 valence electrons. The molecule has 0 saturated heterocycles. The largest absolute Gasteiger partial charge is 0.508 e. The summed E-state index contributed by atoms with van der Waals surface area (Å²) in [5.74, 6) is 0.0451. The van der Waals surface area contributed by atoms with Crippen LogP contribution in [0, 0.1) is 19.7 Å². The number of benzene rings is 1. The maximum Gasteiger partial charge on any atom is 0.129 e. The van der Waals surface area contributed by atoms with Crippen molar-refractivity contribution in [1.29, 1.82) is 0 Å². The van der Waals surface area contributed by atoms with Crippen molar-refractivity contribution >= 4 is 0 Å². The summed E-state index contributed by atoms with van der Waals surface area (Å²) in [4.78, 5) is 0. The highest BCUT2D eigenvalue weighted by molar-refractivity contribution is 5.43. The third-order valence-electron chi connectivity index (χ3n) is 2.57. The number of aryl methyl sites for hydroxylation is 1. The van der Waals surface area contributed by atoms with E-state index in [0.29, 0.717) is 11.1 Å². The Kier molecular flexibility index (Phi) is 3.50. The van der Waals surface area contributed by atoms with E-state index in [0.717, 1.165) is 24.8 Å². The van der Waals surface area contributed by atoms with Gasteiger partial charge < -0.3 is 5.11 Å². The fourth-order valence-corrected chi connectivity index (χ4v) is 1.65. The number of hydrogen-bond acceptors (Lipinski definition) is 1. The lowest BCUT2D eigenvalue weighted by molar-refractivity contribution is 0.461. The lowest BCUT2D eigenvalue weighted by Gasteiger charge is -2.10. The van der Waals surface area contributed by atoms with Crippen molar-refractivity contribution in [2.24, 2.45) is 0 Å². The minimum Gasteiger partial charge on any atom is -0.508 e. The molecule has 0 saturated carbocycles. The summed E-state index contributed by atoms with van der Waals surface area (Å²) in [6.45, 7) is 5.48. The van der Waals surface area contributed by atoms with Gasteiger partial charge in [0, 0.05) is 0 Å². The molecule has 2 heteroatoms. The molecule has 0 aliphatic heterocycles. The molecule has 0 bridgehead atoms. The molecule has 1 nitrogen and oxygen atoms in total. The van der Waals surface area contributed by atoms with Crippen LogP contribution in [0.15, 0.2) is 6.07 Å². The standard InChI is InChI=1S/C12H17FO/c1-4-5-6-10-9(3)12(13)8(2)7-11(10)14/h7,14H,4-6H2,1-3H3. The number of halogens is 1. The van der Waals surface area contributed by atoms with Crippen LogP contribution in [-0.4, -0.2) is 5.11 Å². The predicted octanol–water partition coefficient (Wildman–Crippen LogP) is 3.49. The zero-order valence-corrected chi connectivity index (χ0v) is 9.02. The maximum absolute atomic E-state index is 13.5. The summed E-state index contributed by atoms with van der Waals surface area (Å²) in [5.41, 5.74) is 1.87. The zero-order chi connectivity index (χ0) is 10.7. The summed E-state index contributed by atoms with van der Waals surface area (Å²) in [5, 5.41) is 9.66. The fraction of sp³-hybridized carbons (Fsp3) is 0.500. The van der Waals surface area contributed by atoms with E-state index in [1.807, 2.05) is 0 Å². The molecule has 0 heterocycles. The first-order valence-electron chi connectivity index (χ1n) is 5.05. The van der Waals surface area contributed by atoms with Crippen LogP contribution >= 0.6 is 0 Å². The highest BCUT2D eigenvalue weighted by Crippen LogP contribution is 2.27. The van der Waals surface area contributed by atoms with Crippen LogP contribution in [0.5, 0.6) is 5.75 Å². The van der Waals surface area contributed by atoms with Crippen LogP contribution in [0.2, 0.25) is 0 Å². The Bertz CT molecular complexity index is 332. The third kappa shape index (κ3) is 2.06. The van der Waals surface area contributed by atoms with Crippen molar-refractivity contribution in [3.05, 3.63) is 28.6 Å². The zero-order valence-electron chi connectivity index (χ0n) is 9.02. The molecular formula is C12H17FO. The van der Waals surface area contributed by atoms with E-state index in [-0.39, 0.29) is 11.6 Å². The van der Waals surface area contributed by atoms with Crippen molar-refractivity contribution < 1.29 is 9.50 Å². The molecule has 0 radical (unpaired) electrons. The van der Waals surface area contributed by atoms with Gasteiger partial charge in [0.25, 0.3) is 0 Å². The number of hydrogen-bond donors (Lipinski definition) is 1. The molecule has 0 spiro atoms. The van der Waals surface area contributed by atoms with Gasteiger partial charge in [-0.15, -0.1) is 0 Å². The van der Waals surface area contributed by atoms with Gasteiger partial charge in [0.05, 0.1) is 0 Å². The minimum absolute atomic E-state index is 0.186. The van der Waals surface area contributed by atoms with Crippen LogP contribution < -0.4 is 0 Å². The SMILES string of the molecule is CCCCc1c(O)cc(C)c(F)c1C. The Balaban J connectivity index is 3.09. The van der Waals surface area contributed by atoms with Crippen LogP contribution in [-0.2, 0) is 6.42 Å². The van der Waals surface area contributed by atoms with Gasteiger partial charge >= 0.3 is 0 Å². The van der Waals surface area contributed by atoms with Gasteiger partial charge in [-0.25, -0.2) is 4.39 Å². The summed E-state index contributed by atoms with van der Waals surface area (Å²) in [6, 6.07) is 1.51. The normalized spacial score (nSPS) is 10.6. The fourth-order valence-electron chi connectivity index (χ4n) is 1.65. The van der Waals surface area contributed by atoms with Gasteiger partial charge in [-0.3, -0.25) is 0 Å². The maximum atomic E-state index is 13.5. The van der Waals surface area contributed by atoms with Gasteiger partial charge in [0.15, 0.2) is 0 Å². The molecule has 0 unspecified atom stereocenters. The molecule has 0 atom stereocenters. The van der Waals surface area contributed by atoms with Crippen molar-refractivity contribution in [2.45, 2.75) is 40.0 Å². The molecule has 0 aliphatic rings. The first-order valence-corrected chi connectivity index (χ1v) is 5.05. The molecule has 0 aromatic heterocycles. The Labute approximate surface area is 84.6 Å². The number of phenolic OH excluding ortho intramolecular Hbond substituents is 1. The van der Waals surface area contributed by atoms with Crippen molar-refractivity contribution in [2.75, 3.05) is 0 Å². The van der Waals surface area contributed by atoms with Crippen LogP contribution in [0.25, 0.3) is 0 Å². The Morgan fingerprint density at radius 2 is 2.00 bits per heavy atom. The third-order valence-corrected chi connectivity index (χ3v) is 2.57. The monoisotopic (exact) mass is 196 g/mol. The second-order valence-electron chi connectivity index (χ2n) is 3.73. The highest BCUT2D eigenvalue weighted by atomic mass is 19.1. The van der Waals surface area contributed by atoms with E-state index in [4.69, 9.17) is 0 Å². The molecule has 0 aliphatic carbocycles. The van der Waals surface area contributed by atoms with E-state index in [1.165, 1.54) is 6.07 Å². The molecule has 0 amide bonds. The molecular weight excluding hydrogens is 179 g/mol. The van der Waals surface area contributed by atoms with Gasteiger partial charge in [-0.1, -0.05) is 13.3 Å². The average Bonchev–Trinajstić information content (AvgIpc) is 2.14. The Morgan fingerprint density at radius 1 is 1.36 bits per heavy atom. The van der Waals surface area contributed by atoms with Crippen LogP contribution in [0.3, 0.4) is 0 Å². The van der Waals surface area contributed by atoms with E-state index in [1.54, 1.807) is 13.8 Å². The molecule has 0 fully saturated rings. The first kappa shape index (κ1) is 11.0. The lowest BCUT2D eigenvalue weighted by Crippen LogP contribution is -1.96. The minimum atomic E-state index is -0.186. The highest BCUT2D eigenvalue weighted by Gasteiger charge is 2.11. The van der Waals surface area contributed by atoms with E-state index < -0.39 is 0 Å². The lowest BCUT2D eigenvalue weighted by atomic mass is 9.99. The van der Waals surface area contributed by atoms with Gasteiger partial charge in [0.2, 0.25) is 0 Å². The molecule has 14 heavy (non-hydrogen) atoms. The summed E-state index contributed by atoms with van der Waals surface area (Å²) in [6.07, 6.45) is 2.79. The van der Waals surface area contributed by atoms with Crippen molar-refractivity contribution in [3.8, 4) is 5.75 Å². The summed E-state index contributed by atoms with van der Waals surface area (Å²) < 4.78 is 13.5. The first-order chi connectivity index (χ1) is 6.57. The van der Waals surface area contributed by atoms with E-state index in [2.05, 4.69) is 6.92 Å². The number of unbranched alkanes of at least 4 members (excludes halogenated alkanes) is 1. The Hall–Kier alpha value is -1.05. The molecule has 1 aromatic rings. The number of rotatable bonds is 3. The van der Waals surface area contributed by atoms with E-state index in [9.17, 15) is 9.50 Å². The molecule has 1 N–H and O–H groups in total. The number of aromatic hydroxyl groups is 1. The van der Waals surface area contributed by atoms with Gasteiger partial charge in [-0.2, -0.15) is 0 Å². The molecule has 1 rings (SSSR count). The quantitative estimate of drug-likeness (QED) is 0.784. The second kappa shape index (κ2) is 4.45. The van der Waals surface area contributed by atoms with Crippen molar-refractivity contribution in [1.82, 2.24) is 0 Å². The smallest absolute Gasteiger partial charge is 0.129 e. The molecule has 1 aromatic carbocycles. The summed E-state index contributed by atoms with van der Waals surface area (Å²) >= 11 is 0. The summed E-state index contributed by atoms with van der Waals surface area (Å²) in [7, 11) is 0. The van der Waals surface area contributed by atoms with Gasteiger partial charge in [-0.05, 0) is 49.4 Å². The van der Waals surface area contributed by atoms with Gasteiger partial charge in [0.1, 0.15) is 11.6 Å². The van der Waals surface area contributed by atoms with Crippen molar-refractivity contribution in [3.63, 3.8) is 0 Å².